The maximum Gasteiger partial charge on any atom is 0.229 e. The van der Waals surface area contributed by atoms with Gasteiger partial charge in [0.2, 0.25) is 6.29 Å². The summed E-state index contributed by atoms with van der Waals surface area (Å²) in [4.78, 5) is 12.9. The van der Waals surface area contributed by atoms with Crippen LogP contribution in [0.5, 0.6) is 28.7 Å². The van der Waals surface area contributed by atoms with Crippen molar-refractivity contribution in [1.82, 2.24) is 0 Å². The van der Waals surface area contributed by atoms with Crippen LogP contribution in [0.25, 0.3) is 0 Å². The molecule has 0 spiro atoms. The largest absolute Gasteiger partial charge is 0.507 e. The molecule has 0 radical (unpaired) electrons. The molecule has 15 heteroatoms. The van der Waals surface area contributed by atoms with Gasteiger partial charge in [-0.25, -0.2) is 0 Å². The lowest BCUT2D eigenvalue weighted by Crippen LogP contribution is -2.61. The van der Waals surface area contributed by atoms with Gasteiger partial charge in [-0.2, -0.15) is 0 Å². The van der Waals surface area contributed by atoms with Crippen molar-refractivity contribution >= 4 is 5.78 Å². The van der Waals surface area contributed by atoms with Gasteiger partial charge in [-0.1, -0.05) is 6.07 Å². The Hall–Kier alpha value is -3.25. The Morgan fingerprint density at radius 1 is 0.837 bits per heavy atom. The van der Waals surface area contributed by atoms with Crippen LogP contribution in [0.15, 0.2) is 30.3 Å². The van der Waals surface area contributed by atoms with Gasteiger partial charge in [0, 0.05) is 12.1 Å². The summed E-state index contributed by atoms with van der Waals surface area (Å²) in [6, 6.07) is 6.90. The molecular weight excluding hydrogens is 576 g/mol. The zero-order valence-electron chi connectivity index (χ0n) is 23.1. The van der Waals surface area contributed by atoms with Gasteiger partial charge in [-0.3, -0.25) is 4.79 Å². The van der Waals surface area contributed by atoms with E-state index in [1.807, 2.05) is 0 Å². The molecule has 5 rings (SSSR count). The maximum atomic E-state index is 12.9. The summed E-state index contributed by atoms with van der Waals surface area (Å²) in [6.07, 6.45) is -15.9. The van der Waals surface area contributed by atoms with E-state index < -0.39 is 85.7 Å². The smallest absolute Gasteiger partial charge is 0.229 e. The summed E-state index contributed by atoms with van der Waals surface area (Å²) in [5.74, 6) is -0.999. The number of carbonyl (C=O) groups excluding carboxylic acids is 1. The van der Waals surface area contributed by atoms with Gasteiger partial charge >= 0.3 is 0 Å². The Morgan fingerprint density at radius 3 is 2.23 bits per heavy atom. The predicted molar refractivity (Wildman–Crippen MR) is 141 cm³/mol. The maximum absolute atomic E-state index is 12.9. The summed E-state index contributed by atoms with van der Waals surface area (Å²) in [5.41, 5.74) is 0.373. The number of methoxy groups -OCH3 is 1. The number of aliphatic hydroxyl groups is 6. The number of ether oxygens (including phenoxy) is 6. The second kappa shape index (κ2) is 12.4. The van der Waals surface area contributed by atoms with Crippen molar-refractivity contribution in [1.29, 1.82) is 0 Å². The van der Waals surface area contributed by atoms with E-state index in [0.717, 1.165) is 6.07 Å². The van der Waals surface area contributed by atoms with E-state index in [-0.39, 0.29) is 35.0 Å². The number of Topliss-reactive ketones (excluding diaryl/α,β-unsaturated/α-hetero) is 1. The molecular formula is C28H34O15. The number of ketones is 1. The first-order chi connectivity index (χ1) is 20.4. The van der Waals surface area contributed by atoms with E-state index in [4.69, 9.17) is 28.4 Å². The third-order valence-corrected chi connectivity index (χ3v) is 7.70. The van der Waals surface area contributed by atoms with Gasteiger partial charge in [-0.15, -0.1) is 0 Å². The molecule has 2 fully saturated rings. The standard InChI is InChI=1S/C28H34O15/c1-10-21(32)23(34)25(36)27(40-10)39-9-19-22(33)24(35)26(37)28(43-19)41-12-6-14(30)20-15(31)8-17(42-18(20)7-12)11-3-4-16(38-2)13(29)5-11/h3-7,10,17,19,21-30,32-37H,8-9H2,1-2H3/t10-,17+,19-,21+,22-,23-,24-,25-,26+,27-,28-/m1/s1. The highest BCUT2D eigenvalue weighted by Crippen LogP contribution is 2.43. The number of phenols is 2. The van der Waals surface area contributed by atoms with Gasteiger partial charge < -0.3 is 69.3 Å². The normalized spacial score (nSPS) is 36.0. The molecule has 2 saturated heterocycles. The highest BCUT2D eigenvalue weighted by atomic mass is 16.7. The minimum absolute atomic E-state index is 0.0457. The predicted octanol–water partition coefficient (Wildman–Crippen LogP) is -1.16. The number of aliphatic hydroxyl groups excluding tert-OH is 6. The van der Waals surface area contributed by atoms with Crippen molar-refractivity contribution in [2.75, 3.05) is 13.7 Å². The molecule has 0 saturated carbocycles. The molecule has 43 heavy (non-hydrogen) atoms. The molecule has 0 bridgehead atoms. The van der Waals surface area contributed by atoms with Gasteiger partial charge in [0.25, 0.3) is 0 Å². The van der Waals surface area contributed by atoms with E-state index in [1.165, 1.54) is 32.2 Å². The molecule has 2 aromatic rings. The molecule has 3 aliphatic heterocycles. The minimum atomic E-state index is -1.77. The van der Waals surface area contributed by atoms with Gasteiger partial charge in [0.05, 0.1) is 26.2 Å². The Balaban J connectivity index is 1.30. The van der Waals surface area contributed by atoms with Crippen LogP contribution in [-0.2, 0) is 14.2 Å². The number of carbonyl (C=O) groups is 1. The SMILES string of the molecule is COc1ccc([C@@H]2CC(=O)c3c(O)cc(O[C@@H]4O[C@H](CO[C@@H]5O[C@H](C)[C@H](O)[C@@H](O)[C@H]5O)[C@@H](O)[C@@H](O)[C@@H]4O)cc3O2)cc1O. The summed E-state index contributed by atoms with van der Waals surface area (Å²) in [5, 5.41) is 82.2. The van der Waals surface area contributed by atoms with Crippen LogP contribution in [0, 0.1) is 0 Å². The second-order valence-electron chi connectivity index (χ2n) is 10.6. The zero-order chi connectivity index (χ0) is 31.2. The lowest BCUT2D eigenvalue weighted by Gasteiger charge is -2.42. The molecule has 8 N–H and O–H groups in total. The molecule has 0 aliphatic carbocycles. The molecule has 0 amide bonds. The highest BCUT2D eigenvalue weighted by Gasteiger charge is 2.47. The van der Waals surface area contributed by atoms with Crippen LogP contribution in [0.2, 0.25) is 0 Å². The zero-order valence-corrected chi connectivity index (χ0v) is 23.1. The monoisotopic (exact) mass is 610 g/mol. The van der Waals surface area contributed by atoms with Crippen LogP contribution in [0.3, 0.4) is 0 Å². The summed E-state index contributed by atoms with van der Waals surface area (Å²) in [7, 11) is 1.39. The Bertz CT molecular complexity index is 1320. The van der Waals surface area contributed by atoms with Crippen LogP contribution in [-0.4, -0.2) is 122 Å². The molecule has 0 aromatic heterocycles. The van der Waals surface area contributed by atoms with Crippen LogP contribution in [0.1, 0.15) is 35.4 Å². The first kappa shape index (κ1) is 31.2. The first-order valence-corrected chi connectivity index (χ1v) is 13.5. The molecule has 3 heterocycles. The molecule has 0 unspecified atom stereocenters. The third-order valence-electron chi connectivity index (χ3n) is 7.70. The number of hydrogen-bond acceptors (Lipinski definition) is 15. The molecule has 3 aliphatic rings. The van der Waals surface area contributed by atoms with Crippen LogP contribution < -0.4 is 14.2 Å². The number of fused-ring (bicyclic) bond motifs is 1. The van der Waals surface area contributed by atoms with E-state index >= 15 is 0 Å². The second-order valence-corrected chi connectivity index (χ2v) is 10.6. The Morgan fingerprint density at radius 2 is 1.53 bits per heavy atom. The highest BCUT2D eigenvalue weighted by molar-refractivity contribution is 6.02. The van der Waals surface area contributed by atoms with Crippen molar-refractivity contribution in [3.8, 4) is 28.7 Å². The molecule has 15 nitrogen and oxygen atoms in total. The van der Waals surface area contributed by atoms with Crippen LogP contribution in [0.4, 0.5) is 0 Å². The average Bonchev–Trinajstić information content (AvgIpc) is 2.97. The van der Waals surface area contributed by atoms with Crippen molar-refractivity contribution in [2.24, 2.45) is 0 Å². The molecule has 11 atom stereocenters. The van der Waals surface area contributed by atoms with E-state index in [2.05, 4.69) is 0 Å². The van der Waals surface area contributed by atoms with E-state index in [1.54, 1.807) is 6.07 Å². The number of hydrogen-bond donors (Lipinski definition) is 8. The lowest BCUT2D eigenvalue weighted by molar-refractivity contribution is -0.318. The fraction of sp³-hybridized carbons (Fsp3) is 0.536. The van der Waals surface area contributed by atoms with Gasteiger partial charge in [-0.05, 0) is 24.6 Å². The quantitative estimate of drug-likeness (QED) is 0.185. The van der Waals surface area contributed by atoms with Crippen molar-refractivity contribution < 1.29 is 74.1 Å². The summed E-state index contributed by atoms with van der Waals surface area (Å²) in [6.45, 7) is 0.964. The Kier molecular flexibility index (Phi) is 8.99. The van der Waals surface area contributed by atoms with E-state index in [9.17, 15) is 45.6 Å². The number of rotatable bonds is 7. The van der Waals surface area contributed by atoms with Gasteiger partial charge in [0.15, 0.2) is 23.6 Å². The van der Waals surface area contributed by atoms with Crippen molar-refractivity contribution in [2.45, 2.75) is 80.9 Å². The molecule has 2 aromatic carbocycles. The number of phenolic OH excluding ortho intramolecular Hbond substituents is 2. The molecule has 236 valence electrons. The minimum Gasteiger partial charge on any atom is -0.507 e. The van der Waals surface area contributed by atoms with E-state index in [0.29, 0.717) is 5.56 Å². The Labute approximate surface area is 245 Å². The van der Waals surface area contributed by atoms with Crippen molar-refractivity contribution in [3.05, 3.63) is 41.5 Å². The summed E-state index contributed by atoms with van der Waals surface area (Å²) >= 11 is 0. The fourth-order valence-corrected chi connectivity index (χ4v) is 5.20. The number of benzene rings is 2. The lowest BCUT2D eigenvalue weighted by atomic mass is 9.95. The number of aromatic hydroxyl groups is 2. The fourth-order valence-electron chi connectivity index (χ4n) is 5.20. The third kappa shape index (κ3) is 6.08. The van der Waals surface area contributed by atoms with Crippen LogP contribution >= 0.6 is 0 Å². The topological polar surface area (TPSA) is 234 Å². The van der Waals surface area contributed by atoms with Gasteiger partial charge in [0.1, 0.15) is 71.6 Å². The summed E-state index contributed by atoms with van der Waals surface area (Å²) < 4.78 is 33.1. The average molecular weight is 611 g/mol. The first-order valence-electron chi connectivity index (χ1n) is 13.5. The van der Waals surface area contributed by atoms with Crippen molar-refractivity contribution in [3.63, 3.8) is 0 Å².